The van der Waals surface area contributed by atoms with Gasteiger partial charge in [-0.2, -0.15) is 0 Å². The van der Waals surface area contributed by atoms with Crippen LogP contribution in [0.4, 0.5) is 14.9 Å². The number of benzene rings is 3. The number of carboxylic acid groups (broad SMARTS) is 1. The Kier molecular flexibility index (Phi) is 4.94. The van der Waals surface area contributed by atoms with Crippen molar-refractivity contribution in [3.05, 3.63) is 88.2 Å². The first-order chi connectivity index (χ1) is 14.0. The van der Waals surface area contributed by atoms with E-state index in [1.165, 1.54) is 0 Å². The molecule has 0 radical (unpaired) electrons. The molecule has 4 rings (SSSR count). The van der Waals surface area contributed by atoms with E-state index in [0.717, 1.165) is 34.4 Å². The van der Waals surface area contributed by atoms with Crippen LogP contribution in [0.25, 0.3) is 11.1 Å². The van der Waals surface area contributed by atoms with Crippen molar-refractivity contribution in [1.29, 1.82) is 0 Å². The maximum atomic E-state index is 13.8. The summed E-state index contributed by atoms with van der Waals surface area (Å²) in [4.78, 5) is 23.4. The zero-order chi connectivity index (χ0) is 20.5. The van der Waals surface area contributed by atoms with Crippen LogP contribution in [0.3, 0.4) is 0 Å². The first-order valence-corrected chi connectivity index (χ1v) is 9.18. The lowest BCUT2D eigenvalue weighted by Gasteiger charge is -2.15. The third-order valence-electron chi connectivity index (χ3n) is 4.85. The van der Waals surface area contributed by atoms with Crippen molar-refractivity contribution in [2.45, 2.75) is 5.92 Å². The number of rotatable bonds is 4. The van der Waals surface area contributed by atoms with Crippen LogP contribution < -0.4 is 5.32 Å². The fourth-order valence-electron chi connectivity index (χ4n) is 3.57. The predicted octanol–water partition coefficient (Wildman–Crippen LogP) is 5.54. The topological polar surface area (TPSA) is 75.6 Å². The Morgan fingerprint density at radius 2 is 1.62 bits per heavy atom. The number of aromatic carboxylic acids is 1. The quantitative estimate of drug-likeness (QED) is 0.591. The molecule has 0 atom stereocenters. The zero-order valence-corrected chi connectivity index (χ0v) is 15.7. The summed E-state index contributed by atoms with van der Waals surface area (Å²) in [6, 6.07) is 17.8. The number of amides is 1. The number of carbonyl (C=O) groups is 2. The summed E-state index contributed by atoms with van der Waals surface area (Å²) in [5.74, 6) is -2.46. The molecule has 7 heteroatoms. The van der Waals surface area contributed by atoms with Crippen LogP contribution in [0.2, 0.25) is 5.02 Å². The molecule has 5 nitrogen and oxygen atoms in total. The van der Waals surface area contributed by atoms with E-state index in [1.807, 2.05) is 48.5 Å². The highest BCUT2D eigenvalue weighted by Gasteiger charge is 2.29. The van der Waals surface area contributed by atoms with Crippen molar-refractivity contribution in [2.24, 2.45) is 0 Å². The number of hydrogen-bond donors (Lipinski definition) is 2. The number of anilines is 1. The highest BCUT2D eigenvalue weighted by Crippen LogP contribution is 2.44. The minimum absolute atomic E-state index is 0.0541. The van der Waals surface area contributed by atoms with Gasteiger partial charge in [0.1, 0.15) is 12.4 Å². The number of hydrogen-bond acceptors (Lipinski definition) is 3. The molecule has 0 saturated heterocycles. The number of fused-ring (bicyclic) bond motifs is 3. The molecule has 0 bridgehead atoms. The maximum Gasteiger partial charge on any atom is 0.411 e. The van der Waals surface area contributed by atoms with Crippen LogP contribution >= 0.6 is 11.6 Å². The zero-order valence-electron chi connectivity index (χ0n) is 15.0. The minimum Gasteiger partial charge on any atom is -0.478 e. The van der Waals surface area contributed by atoms with Crippen molar-refractivity contribution < 1.29 is 23.8 Å². The monoisotopic (exact) mass is 411 g/mol. The van der Waals surface area contributed by atoms with Crippen molar-refractivity contribution in [1.82, 2.24) is 0 Å². The average molecular weight is 412 g/mol. The number of halogens is 2. The fraction of sp³-hybridized carbons (Fsp3) is 0.0909. The summed E-state index contributed by atoms with van der Waals surface area (Å²) in [5.41, 5.74) is 3.83. The lowest BCUT2D eigenvalue weighted by molar-refractivity contribution is 0.0696. The molecule has 2 N–H and O–H groups in total. The van der Waals surface area contributed by atoms with Gasteiger partial charge in [0, 0.05) is 11.6 Å². The average Bonchev–Trinajstić information content (AvgIpc) is 3.03. The molecule has 0 saturated carbocycles. The number of carboxylic acids is 1. The number of nitrogens with one attached hydrogen (secondary N) is 1. The summed E-state index contributed by atoms with van der Waals surface area (Å²) >= 11 is 5.64. The molecular formula is C22H15ClFNO4. The highest BCUT2D eigenvalue weighted by atomic mass is 35.5. The highest BCUT2D eigenvalue weighted by molar-refractivity contribution is 6.33. The summed E-state index contributed by atoms with van der Waals surface area (Å²) < 4.78 is 19.2. The van der Waals surface area contributed by atoms with Gasteiger partial charge in [0.15, 0.2) is 0 Å². The number of carbonyl (C=O) groups excluding carboxylic acids is 1. The molecule has 1 aliphatic carbocycles. The Morgan fingerprint density at radius 1 is 1.03 bits per heavy atom. The molecule has 1 aliphatic rings. The van der Waals surface area contributed by atoms with Gasteiger partial charge in [-0.3, -0.25) is 5.32 Å². The molecule has 0 heterocycles. The molecule has 146 valence electrons. The molecule has 3 aromatic rings. The van der Waals surface area contributed by atoms with E-state index in [9.17, 15) is 14.0 Å². The Morgan fingerprint density at radius 3 is 2.21 bits per heavy atom. The van der Waals surface area contributed by atoms with Crippen LogP contribution in [-0.2, 0) is 4.74 Å². The van der Waals surface area contributed by atoms with Crippen LogP contribution in [-0.4, -0.2) is 23.8 Å². The second-order valence-electron chi connectivity index (χ2n) is 6.58. The van der Waals surface area contributed by atoms with Gasteiger partial charge in [-0.15, -0.1) is 0 Å². The third-order valence-corrected chi connectivity index (χ3v) is 5.23. The van der Waals surface area contributed by atoms with Gasteiger partial charge < -0.3 is 9.84 Å². The Hall–Kier alpha value is -3.38. The third kappa shape index (κ3) is 3.54. The van der Waals surface area contributed by atoms with Crippen molar-refractivity contribution in [3.8, 4) is 11.1 Å². The first-order valence-electron chi connectivity index (χ1n) is 8.80. The Bertz CT molecular complexity index is 1090. The van der Waals surface area contributed by atoms with Gasteiger partial charge in [0.05, 0.1) is 10.6 Å². The van der Waals surface area contributed by atoms with E-state index in [0.29, 0.717) is 0 Å². The second kappa shape index (κ2) is 7.56. The molecule has 29 heavy (non-hydrogen) atoms. The van der Waals surface area contributed by atoms with E-state index >= 15 is 0 Å². The molecule has 0 spiro atoms. The van der Waals surface area contributed by atoms with Crippen LogP contribution in [0.5, 0.6) is 0 Å². The lowest BCUT2D eigenvalue weighted by Crippen LogP contribution is -2.18. The summed E-state index contributed by atoms with van der Waals surface area (Å²) in [6.45, 7) is 0.0850. The maximum absolute atomic E-state index is 13.8. The van der Waals surface area contributed by atoms with Crippen molar-refractivity contribution in [2.75, 3.05) is 11.9 Å². The van der Waals surface area contributed by atoms with Gasteiger partial charge in [-0.1, -0.05) is 60.1 Å². The van der Waals surface area contributed by atoms with E-state index in [-0.39, 0.29) is 18.2 Å². The van der Waals surface area contributed by atoms with Crippen LogP contribution in [0.1, 0.15) is 27.4 Å². The first kappa shape index (κ1) is 19.0. The molecule has 1 amide bonds. The molecule has 0 aliphatic heterocycles. The SMILES string of the molecule is O=C(Nc1cc(F)c(Cl)c(C(=O)O)c1)OCC1c2ccccc2-c2ccccc21. The largest absolute Gasteiger partial charge is 0.478 e. The van der Waals surface area contributed by atoms with Crippen LogP contribution in [0, 0.1) is 5.82 Å². The lowest BCUT2D eigenvalue weighted by atomic mass is 9.98. The Balaban J connectivity index is 1.51. The van der Waals surface area contributed by atoms with Gasteiger partial charge >= 0.3 is 12.1 Å². The van der Waals surface area contributed by atoms with E-state index in [1.54, 1.807) is 0 Å². The summed E-state index contributed by atoms with van der Waals surface area (Å²) in [5, 5.41) is 10.9. The van der Waals surface area contributed by atoms with Crippen molar-refractivity contribution >= 4 is 29.4 Å². The van der Waals surface area contributed by atoms with E-state index in [2.05, 4.69) is 5.32 Å². The van der Waals surface area contributed by atoms with Gasteiger partial charge in [-0.25, -0.2) is 14.0 Å². The number of ether oxygens (including phenoxy) is 1. The van der Waals surface area contributed by atoms with Gasteiger partial charge in [0.25, 0.3) is 0 Å². The predicted molar refractivity (Wildman–Crippen MR) is 107 cm³/mol. The second-order valence-corrected chi connectivity index (χ2v) is 6.95. The normalized spacial score (nSPS) is 12.2. The molecule has 0 unspecified atom stereocenters. The van der Waals surface area contributed by atoms with Crippen LogP contribution in [0.15, 0.2) is 60.7 Å². The van der Waals surface area contributed by atoms with Gasteiger partial charge in [0.2, 0.25) is 0 Å². The minimum atomic E-state index is -1.40. The molecule has 0 fully saturated rings. The van der Waals surface area contributed by atoms with E-state index in [4.69, 9.17) is 21.4 Å². The van der Waals surface area contributed by atoms with Gasteiger partial charge in [-0.05, 0) is 34.4 Å². The smallest absolute Gasteiger partial charge is 0.411 e. The van der Waals surface area contributed by atoms with Crippen molar-refractivity contribution in [3.63, 3.8) is 0 Å². The summed E-state index contributed by atoms with van der Waals surface area (Å²) in [7, 11) is 0. The van der Waals surface area contributed by atoms with E-state index < -0.39 is 28.5 Å². The molecule has 0 aromatic heterocycles. The standard InChI is InChI=1S/C22H15ClFNO4/c23-20-17(21(26)27)9-12(10-19(20)24)25-22(28)29-11-18-15-7-3-1-5-13(15)14-6-2-4-8-16(14)18/h1-10,18H,11H2,(H,25,28)(H,26,27). The fourth-order valence-corrected chi connectivity index (χ4v) is 3.76. The molecule has 3 aromatic carbocycles. The molecular weight excluding hydrogens is 397 g/mol. The summed E-state index contributed by atoms with van der Waals surface area (Å²) in [6.07, 6.45) is -0.815. The Labute approximate surface area is 170 Å².